The average Bonchev–Trinajstić information content (AvgIpc) is 2.27. The number of nitrogens with zero attached hydrogens (tertiary/aromatic N) is 2. The van der Waals surface area contributed by atoms with Crippen LogP contribution in [0.1, 0.15) is 13.3 Å². The standard InChI is InChI=1S/C11H23BrN2O/c1-2-10-15-11-9-14-7-5-13(4-3-12)6-8-14/h2-11H2,1H3. The zero-order chi connectivity index (χ0) is 10.9. The second kappa shape index (κ2) is 8.50. The number of hydrogen-bond acceptors (Lipinski definition) is 3. The van der Waals surface area contributed by atoms with Crippen molar-refractivity contribution in [1.82, 2.24) is 9.80 Å². The van der Waals surface area contributed by atoms with Crippen molar-refractivity contribution in [3.05, 3.63) is 0 Å². The fourth-order valence-electron chi connectivity index (χ4n) is 1.80. The summed E-state index contributed by atoms with van der Waals surface area (Å²) in [7, 11) is 0. The molecule has 0 saturated carbocycles. The molecule has 1 fully saturated rings. The van der Waals surface area contributed by atoms with E-state index in [-0.39, 0.29) is 0 Å². The van der Waals surface area contributed by atoms with E-state index in [2.05, 4.69) is 32.7 Å². The summed E-state index contributed by atoms with van der Waals surface area (Å²) in [4.78, 5) is 5.01. The average molecular weight is 279 g/mol. The zero-order valence-electron chi connectivity index (χ0n) is 9.75. The van der Waals surface area contributed by atoms with Crippen LogP contribution in [0.3, 0.4) is 0 Å². The Bertz CT molecular complexity index is 147. The number of halogens is 1. The third kappa shape index (κ3) is 5.85. The van der Waals surface area contributed by atoms with Crippen LogP contribution in [0.5, 0.6) is 0 Å². The molecule has 15 heavy (non-hydrogen) atoms. The molecule has 0 N–H and O–H groups in total. The summed E-state index contributed by atoms with van der Waals surface area (Å²) < 4.78 is 5.50. The van der Waals surface area contributed by atoms with Gasteiger partial charge in [0.15, 0.2) is 0 Å². The number of hydrogen-bond donors (Lipinski definition) is 0. The van der Waals surface area contributed by atoms with Crippen LogP contribution in [0.15, 0.2) is 0 Å². The van der Waals surface area contributed by atoms with E-state index in [9.17, 15) is 0 Å². The summed E-state index contributed by atoms with van der Waals surface area (Å²) >= 11 is 3.48. The van der Waals surface area contributed by atoms with Crippen LogP contribution in [-0.4, -0.2) is 67.6 Å². The van der Waals surface area contributed by atoms with Crippen molar-refractivity contribution < 1.29 is 4.74 Å². The topological polar surface area (TPSA) is 15.7 Å². The Balaban J connectivity index is 1.99. The second-order valence-electron chi connectivity index (χ2n) is 3.98. The minimum absolute atomic E-state index is 0.895. The number of piperazine rings is 1. The molecule has 0 aliphatic carbocycles. The maximum Gasteiger partial charge on any atom is 0.0593 e. The van der Waals surface area contributed by atoms with E-state index >= 15 is 0 Å². The molecule has 0 bridgehead atoms. The van der Waals surface area contributed by atoms with Gasteiger partial charge in [-0.2, -0.15) is 0 Å². The molecule has 90 valence electrons. The lowest BCUT2D eigenvalue weighted by atomic mass is 10.3. The Morgan fingerprint density at radius 2 is 1.60 bits per heavy atom. The largest absolute Gasteiger partial charge is 0.380 e. The summed E-state index contributed by atoms with van der Waals surface area (Å²) in [6, 6.07) is 0. The summed E-state index contributed by atoms with van der Waals surface area (Å²) in [6.07, 6.45) is 1.12. The SMILES string of the molecule is CCCOCCN1CCN(CCBr)CC1. The normalized spacial score (nSPS) is 19.6. The summed E-state index contributed by atoms with van der Waals surface area (Å²) in [5.41, 5.74) is 0. The van der Waals surface area contributed by atoms with E-state index in [1.807, 2.05) is 0 Å². The van der Waals surface area contributed by atoms with Gasteiger partial charge < -0.3 is 4.74 Å². The molecule has 1 aliphatic rings. The van der Waals surface area contributed by atoms with Gasteiger partial charge >= 0.3 is 0 Å². The van der Waals surface area contributed by atoms with Crippen molar-refractivity contribution in [1.29, 1.82) is 0 Å². The zero-order valence-corrected chi connectivity index (χ0v) is 11.3. The first-order valence-electron chi connectivity index (χ1n) is 5.95. The highest BCUT2D eigenvalue weighted by Gasteiger charge is 2.15. The minimum Gasteiger partial charge on any atom is -0.380 e. The van der Waals surface area contributed by atoms with Gasteiger partial charge in [0.1, 0.15) is 0 Å². The monoisotopic (exact) mass is 278 g/mol. The number of rotatable bonds is 7. The van der Waals surface area contributed by atoms with Gasteiger partial charge in [-0.05, 0) is 6.42 Å². The summed E-state index contributed by atoms with van der Waals surface area (Å²) in [6.45, 7) is 11.0. The highest BCUT2D eigenvalue weighted by atomic mass is 79.9. The summed E-state index contributed by atoms with van der Waals surface area (Å²) in [5.74, 6) is 0. The number of alkyl halides is 1. The highest BCUT2D eigenvalue weighted by molar-refractivity contribution is 9.09. The van der Waals surface area contributed by atoms with Crippen LogP contribution in [0.25, 0.3) is 0 Å². The molecule has 1 heterocycles. The van der Waals surface area contributed by atoms with E-state index in [0.29, 0.717) is 0 Å². The van der Waals surface area contributed by atoms with E-state index < -0.39 is 0 Å². The molecule has 4 heteroatoms. The van der Waals surface area contributed by atoms with Gasteiger partial charge in [0.05, 0.1) is 6.61 Å². The molecule has 0 amide bonds. The molecule has 0 aromatic rings. The lowest BCUT2D eigenvalue weighted by Gasteiger charge is -2.34. The van der Waals surface area contributed by atoms with Gasteiger partial charge in [0.2, 0.25) is 0 Å². The van der Waals surface area contributed by atoms with Crippen LogP contribution >= 0.6 is 15.9 Å². The molecular formula is C11H23BrN2O. The van der Waals surface area contributed by atoms with Gasteiger partial charge in [0.25, 0.3) is 0 Å². The smallest absolute Gasteiger partial charge is 0.0593 e. The highest BCUT2D eigenvalue weighted by Crippen LogP contribution is 2.01. The molecule has 0 unspecified atom stereocenters. The van der Waals surface area contributed by atoms with Crippen molar-refractivity contribution in [3.63, 3.8) is 0 Å². The quantitative estimate of drug-likeness (QED) is 0.518. The van der Waals surface area contributed by atoms with Crippen LogP contribution < -0.4 is 0 Å². The van der Waals surface area contributed by atoms with Crippen LogP contribution in [-0.2, 0) is 4.74 Å². The van der Waals surface area contributed by atoms with Crippen molar-refractivity contribution in [2.45, 2.75) is 13.3 Å². The van der Waals surface area contributed by atoms with Crippen molar-refractivity contribution in [3.8, 4) is 0 Å². The lowest BCUT2D eigenvalue weighted by Crippen LogP contribution is -2.47. The fraction of sp³-hybridized carbons (Fsp3) is 1.00. The molecule has 0 spiro atoms. The van der Waals surface area contributed by atoms with E-state index in [1.165, 1.54) is 32.7 Å². The van der Waals surface area contributed by atoms with E-state index in [0.717, 1.165) is 31.5 Å². The van der Waals surface area contributed by atoms with Gasteiger partial charge in [-0.1, -0.05) is 22.9 Å². The maximum atomic E-state index is 5.50. The predicted molar refractivity (Wildman–Crippen MR) is 67.8 cm³/mol. The third-order valence-electron chi connectivity index (χ3n) is 2.77. The second-order valence-corrected chi connectivity index (χ2v) is 4.78. The maximum absolute atomic E-state index is 5.50. The Labute approximate surface area is 102 Å². The van der Waals surface area contributed by atoms with Crippen molar-refractivity contribution in [2.75, 3.05) is 57.8 Å². The number of ether oxygens (including phenoxy) is 1. The molecule has 0 aromatic carbocycles. The first-order chi connectivity index (χ1) is 7.36. The Kier molecular flexibility index (Phi) is 7.61. The third-order valence-corrected chi connectivity index (χ3v) is 3.12. The molecule has 1 saturated heterocycles. The molecule has 0 radical (unpaired) electrons. The van der Waals surface area contributed by atoms with Gasteiger partial charge in [0, 0.05) is 51.2 Å². The van der Waals surface area contributed by atoms with Gasteiger partial charge in [-0.3, -0.25) is 9.80 Å². The first-order valence-corrected chi connectivity index (χ1v) is 7.07. The predicted octanol–water partition coefficient (Wildman–Crippen LogP) is 1.43. The van der Waals surface area contributed by atoms with Crippen LogP contribution in [0.4, 0.5) is 0 Å². The molecule has 0 atom stereocenters. The molecule has 1 aliphatic heterocycles. The molecule has 1 rings (SSSR count). The summed E-state index contributed by atoms with van der Waals surface area (Å²) in [5, 5.41) is 1.09. The van der Waals surface area contributed by atoms with Crippen molar-refractivity contribution >= 4 is 15.9 Å². The Morgan fingerprint density at radius 1 is 1.00 bits per heavy atom. The fourth-order valence-corrected chi connectivity index (χ4v) is 2.30. The Morgan fingerprint density at radius 3 is 2.13 bits per heavy atom. The van der Waals surface area contributed by atoms with E-state index in [4.69, 9.17) is 4.74 Å². The van der Waals surface area contributed by atoms with Crippen LogP contribution in [0.2, 0.25) is 0 Å². The van der Waals surface area contributed by atoms with E-state index in [1.54, 1.807) is 0 Å². The van der Waals surface area contributed by atoms with Gasteiger partial charge in [-0.15, -0.1) is 0 Å². The van der Waals surface area contributed by atoms with Crippen LogP contribution in [0, 0.1) is 0 Å². The molecule has 3 nitrogen and oxygen atoms in total. The van der Waals surface area contributed by atoms with Crippen molar-refractivity contribution in [2.24, 2.45) is 0 Å². The minimum atomic E-state index is 0.895. The lowest BCUT2D eigenvalue weighted by molar-refractivity contribution is 0.0777. The first kappa shape index (κ1) is 13.4. The molecule has 0 aromatic heterocycles. The van der Waals surface area contributed by atoms with Gasteiger partial charge in [-0.25, -0.2) is 0 Å². The molecular weight excluding hydrogens is 256 g/mol. The Hall–Kier alpha value is 0.360.